The fourth-order valence-corrected chi connectivity index (χ4v) is 7.12. The Morgan fingerprint density at radius 1 is 0.750 bits per heavy atom. The molecule has 142 valence electrons. The fourth-order valence-electron chi connectivity index (χ4n) is 1.56. The quantitative estimate of drug-likeness (QED) is 0.482. The molecule has 1 unspecified atom stereocenters. The van der Waals surface area contributed by atoms with Gasteiger partial charge in [0.15, 0.2) is 0 Å². The molecule has 1 aliphatic heterocycles. The second-order valence-electron chi connectivity index (χ2n) is 4.37. The van der Waals surface area contributed by atoms with Crippen LogP contribution in [-0.4, -0.2) is 61.4 Å². The van der Waals surface area contributed by atoms with Gasteiger partial charge in [-0.3, -0.25) is 0 Å². The molecule has 1 heterocycles. The molecule has 0 spiro atoms. The third-order valence-electron chi connectivity index (χ3n) is 2.28. The minimum absolute atomic E-state index is 0.535. The Morgan fingerprint density at radius 2 is 1.17 bits per heavy atom. The van der Waals surface area contributed by atoms with Gasteiger partial charge in [0.05, 0.1) is 0 Å². The summed E-state index contributed by atoms with van der Waals surface area (Å²) in [4.78, 5) is 0. The van der Waals surface area contributed by atoms with Crippen LogP contribution in [0.15, 0.2) is 14.5 Å². The van der Waals surface area contributed by atoms with Crippen molar-refractivity contribution in [2.24, 2.45) is 3.09 Å². The Bertz CT molecular complexity index is 520. The van der Waals surface area contributed by atoms with Crippen LogP contribution in [0.25, 0.3) is 0 Å². The third kappa shape index (κ3) is 6.30. The number of alkyl halides is 12. The van der Waals surface area contributed by atoms with Crippen molar-refractivity contribution < 1.29 is 52.7 Å². The van der Waals surface area contributed by atoms with Crippen LogP contribution >= 0.6 is 0 Å². The van der Waals surface area contributed by atoms with Gasteiger partial charge in [0.25, 0.3) is 0 Å². The normalized spacial score (nSPS) is 20.5. The Morgan fingerprint density at radius 3 is 1.42 bits per heavy atom. The molecule has 0 radical (unpaired) electrons. The standard InChI is InChI=1S/C4HF6N2.C4H4F6N.Sb.H/c5-3(6,7)1(11)2(12)4(8,9)10;5-3(6,7)1-11-2-4(8,9)10;;/h11H;1-2H2;;/q2*-1;+2;. The van der Waals surface area contributed by atoms with Gasteiger partial charge in [-0.2, -0.15) is 0 Å². The van der Waals surface area contributed by atoms with E-state index in [1.54, 1.807) is 0 Å². The van der Waals surface area contributed by atoms with Crippen LogP contribution in [0.4, 0.5) is 52.7 Å². The average molecular weight is 494 g/mol. The van der Waals surface area contributed by atoms with E-state index in [2.05, 4.69) is 3.09 Å². The zero-order chi connectivity index (χ0) is 19.1. The number of hydrogen-bond donors (Lipinski definition) is 1. The molecular formula is C8H6F12N3Sb. The predicted molar refractivity (Wildman–Crippen MR) is 55.5 cm³/mol. The Balaban J connectivity index is 3.23. The van der Waals surface area contributed by atoms with E-state index in [-0.39, 0.29) is 0 Å². The van der Waals surface area contributed by atoms with Gasteiger partial charge in [-0.15, -0.1) is 0 Å². The molecule has 3 nitrogen and oxygen atoms in total. The van der Waals surface area contributed by atoms with Crippen LogP contribution in [-0.2, 0) is 0 Å². The first-order valence-electron chi connectivity index (χ1n) is 5.53. The number of halogens is 12. The van der Waals surface area contributed by atoms with Gasteiger partial charge in [-0.1, -0.05) is 0 Å². The Hall–Kier alpha value is -0.722. The van der Waals surface area contributed by atoms with Gasteiger partial charge in [0.1, 0.15) is 0 Å². The molecule has 16 heteroatoms. The zero-order valence-electron chi connectivity index (χ0n) is 10.8. The van der Waals surface area contributed by atoms with Crippen LogP contribution in [0.3, 0.4) is 0 Å². The summed E-state index contributed by atoms with van der Waals surface area (Å²) in [5, 5.41) is 0. The summed E-state index contributed by atoms with van der Waals surface area (Å²) >= 11 is -5.13. The summed E-state index contributed by atoms with van der Waals surface area (Å²) in [6.07, 6.45) is -21.9. The molecule has 0 aliphatic carbocycles. The van der Waals surface area contributed by atoms with Crippen molar-refractivity contribution in [1.29, 1.82) is 0 Å². The van der Waals surface area contributed by atoms with Crippen LogP contribution in [0, 0.1) is 0 Å². The monoisotopic (exact) mass is 493 g/mol. The molecule has 24 heavy (non-hydrogen) atoms. The van der Waals surface area contributed by atoms with E-state index in [4.69, 9.17) is 0 Å². The maximum absolute atomic E-state index is 12.5. The molecule has 1 atom stereocenters. The molecule has 0 bridgehead atoms. The van der Waals surface area contributed by atoms with Crippen molar-refractivity contribution in [3.63, 3.8) is 0 Å². The SMILES string of the molecule is FC(F)(F)C[N](CC(F)(F)F)[SbH]1=[N]C(C(F)(F)F)=C(C(F)(F)F)[NH]1. The molecule has 1 N–H and O–H groups in total. The number of nitrogens with one attached hydrogen (secondary N) is 1. The Kier molecular flexibility index (Phi) is 5.81. The predicted octanol–water partition coefficient (Wildman–Crippen LogP) is 3.34. The van der Waals surface area contributed by atoms with E-state index in [0.717, 1.165) is 3.48 Å². The number of allylic oxidation sites excluding steroid dienone is 2. The van der Waals surface area contributed by atoms with E-state index in [1.165, 1.54) is 0 Å². The first kappa shape index (κ1) is 21.3. The molecule has 0 fully saturated rings. The topological polar surface area (TPSA) is 27.6 Å². The first-order chi connectivity index (χ1) is 10.4. The van der Waals surface area contributed by atoms with Crippen molar-refractivity contribution >= 4 is 20.6 Å². The molecule has 0 aromatic heterocycles. The molecule has 0 saturated carbocycles. The van der Waals surface area contributed by atoms with Gasteiger partial charge in [0.2, 0.25) is 0 Å². The number of nitrogens with zero attached hydrogens (tertiary/aromatic N) is 2. The molecule has 1 aliphatic rings. The summed E-state index contributed by atoms with van der Waals surface area (Å²) in [6, 6.07) is 0. The number of rotatable bonds is 3. The van der Waals surface area contributed by atoms with Crippen molar-refractivity contribution in [2.45, 2.75) is 24.7 Å². The maximum atomic E-state index is 12.5. The Labute approximate surface area is 132 Å². The van der Waals surface area contributed by atoms with E-state index in [0.29, 0.717) is 0 Å². The molecule has 0 amide bonds. The van der Waals surface area contributed by atoms with E-state index in [9.17, 15) is 52.7 Å². The average Bonchev–Trinajstić information content (AvgIpc) is 2.67. The van der Waals surface area contributed by atoms with Crippen molar-refractivity contribution in [1.82, 2.24) is 6.53 Å². The van der Waals surface area contributed by atoms with Gasteiger partial charge < -0.3 is 0 Å². The van der Waals surface area contributed by atoms with Crippen LogP contribution < -0.4 is 3.48 Å². The van der Waals surface area contributed by atoms with E-state index in [1.807, 2.05) is 0 Å². The molecule has 0 saturated heterocycles. The zero-order valence-corrected chi connectivity index (χ0v) is 13.7. The second-order valence-corrected chi connectivity index (χ2v) is 9.37. The van der Waals surface area contributed by atoms with Gasteiger partial charge in [-0.05, 0) is 0 Å². The van der Waals surface area contributed by atoms with E-state index < -0.39 is 72.8 Å². The summed E-state index contributed by atoms with van der Waals surface area (Å²) in [5.74, 6) is 0. The molecule has 0 aromatic rings. The summed E-state index contributed by atoms with van der Waals surface area (Å²) < 4.78 is 152. The van der Waals surface area contributed by atoms with Crippen molar-refractivity contribution in [3.8, 4) is 0 Å². The number of hydrogen-bond acceptors (Lipinski definition) is 3. The molecule has 1 rings (SSSR count). The van der Waals surface area contributed by atoms with Crippen LogP contribution in [0.2, 0.25) is 0 Å². The van der Waals surface area contributed by atoms with E-state index >= 15 is 0 Å². The summed E-state index contributed by atoms with van der Waals surface area (Å²) in [5.41, 5.74) is -5.02. The second kappa shape index (κ2) is 6.54. The third-order valence-corrected chi connectivity index (χ3v) is 7.49. The summed E-state index contributed by atoms with van der Waals surface area (Å²) in [7, 11) is 0. The van der Waals surface area contributed by atoms with Gasteiger partial charge in [-0.25, -0.2) is 0 Å². The van der Waals surface area contributed by atoms with Crippen molar-refractivity contribution in [2.75, 3.05) is 13.1 Å². The minimum atomic E-state index is -5.68. The van der Waals surface area contributed by atoms with Crippen LogP contribution in [0.5, 0.6) is 0 Å². The first-order valence-corrected chi connectivity index (χ1v) is 9.51. The summed E-state index contributed by atoms with van der Waals surface area (Å²) in [6.45, 7) is -4.68. The van der Waals surface area contributed by atoms with Gasteiger partial charge in [0, 0.05) is 0 Å². The van der Waals surface area contributed by atoms with Crippen LogP contribution in [0.1, 0.15) is 0 Å². The fraction of sp³-hybridized carbons (Fsp3) is 0.750. The van der Waals surface area contributed by atoms with Crippen molar-refractivity contribution in [3.05, 3.63) is 11.4 Å². The van der Waals surface area contributed by atoms with Gasteiger partial charge >= 0.3 is 132 Å². The molecular weight excluding hydrogens is 488 g/mol. The molecule has 0 aromatic carbocycles.